The van der Waals surface area contributed by atoms with E-state index in [0.29, 0.717) is 13.2 Å². The zero-order chi connectivity index (χ0) is 11.0. The molecule has 3 rings (SSSR count). The van der Waals surface area contributed by atoms with Crippen molar-refractivity contribution in [1.82, 2.24) is 4.98 Å². The molecule has 0 aromatic carbocycles. The smallest absolute Gasteiger partial charge is 0.106 e. The van der Waals surface area contributed by atoms with Crippen molar-refractivity contribution in [2.75, 3.05) is 19.8 Å². The number of hydrogen-bond donors (Lipinski definition) is 1. The van der Waals surface area contributed by atoms with Crippen LogP contribution in [-0.4, -0.2) is 29.9 Å². The molecule has 1 aliphatic rings. The van der Waals surface area contributed by atoms with Gasteiger partial charge in [-0.15, -0.1) is 22.7 Å². The van der Waals surface area contributed by atoms with Crippen molar-refractivity contribution in [3.63, 3.8) is 0 Å². The van der Waals surface area contributed by atoms with E-state index in [0.717, 1.165) is 10.7 Å². The minimum absolute atomic E-state index is 0.115. The molecule has 0 unspecified atom stereocenters. The van der Waals surface area contributed by atoms with E-state index >= 15 is 0 Å². The van der Waals surface area contributed by atoms with Gasteiger partial charge in [0.1, 0.15) is 5.01 Å². The Kier molecular flexibility index (Phi) is 2.55. The van der Waals surface area contributed by atoms with Crippen LogP contribution in [0.15, 0.2) is 22.9 Å². The molecule has 0 amide bonds. The van der Waals surface area contributed by atoms with Crippen LogP contribution < -0.4 is 0 Å². The predicted molar refractivity (Wildman–Crippen MR) is 65.0 cm³/mol. The van der Waals surface area contributed by atoms with Crippen molar-refractivity contribution < 1.29 is 9.84 Å². The summed E-state index contributed by atoms with van der Waals surface area (Å²) in [6, 6.07) is 4.08. The molecule has 2 aromatic heterocycles. The second-order valence-electron chi connectivity index (χ2n) is 3.95. The second-order valence-corrected chi connectivity index (χ2v) is 5.75. The van der Waals surface area contributed by atoms with Crippen molar-refractivity contribution in [2.24, 2.45) is 0 Å². The number of aliphatic hydroxyl groups excluding tert-OH is 1. The number of thiophene rings is 1. The highest BCUT2D eigenvalue weighted by molar-refractivity contribution is 7.14. The van der Waals surface area contributed by atoms with Crippen molar-refractivity contribution in [1.29, 1.82) is 0 Å². The minimum atomic E-state index is -0.236. The fraction of sp³-hybridized carbons (Fsp3) is 0.364. The summed E-state index contributed by atoms with van der Waals surface area (Å²) in [5, 5.41) is 14.5. The van der Waals surface area contributed by atoms with Crippen LogP contribution in [0.25, 0.3) is 10.6 Å². The Labute approximate surface area is 101 Å². The Morgan fingerprint density at radius 3 is 2.88 bits per heavy atom. The number of aromatic nitrogens is 1. The summed E-state index contributed by atoms with van der Waals surface area (Å²) in [4.78, 5) is 5.78. The van der Waals surface area contributed by atoms with Crippen molar-refractivity contribution >= 4 is 22.7 Å². The quantitative estimate of drug-likeness (QED) is 0.911. The van der Waals surface area contributed by atoms with Gasteiger partial charge in [-0.3, -0.25) is 0 Å². The molecule has 0 bridgehead atoms. The van der Waals surface area contributed by atoms with Gasteiger partial charge in [0.2, 0.25) is 0 Å². The van der Waals surface area contributed by atoms with E-state index in [1.165, 1.54) is 4.88 Å². The number of nitrogens with zero attached hydrogens (tertiary/aromatic N) is 1. The molecule has 5 heteroatoms. The largest absolute Gasteiger partial charge is 0.395 e. The molecular weight excluding hydrogens is 242 g/mol. The van der Waals surface area contributed by atoms with Crippen LogP contribution in [0.1, 0.15) is 5.01 Å². The molecule has 3 heterocycles. The standard InChI is InChI=1S/C11H11NO2S2/c13-5-11(6-14-7-11)10-12-8(4-16-10)9-2-1-3-15-9/h1-4,13H,5-7H2. The molecule has 2 aromatic rings. The second kappa shape index (κ2) is 3.92. The Bertz CT molecular complexity index is 468. The van der Waals surface area contributed by atoms with Crippen molar-refractivity contribution in [2.45, 2.75) is 5.41 Å². The van der Waals surface area contributed by atoms with Crippen LogP contribution in [-0.2, 0) is 10.2 Å². The minimum Gasteiger partial charge on any atom is -0.395 e. The first-order chi connectivity index (χ1) is 7.84. The van der Waals surface area contributed by atoms with E-state index in [-0.39, 0.29) is 12.0 Å². The molecule has 1 N–H and O–H groups in total. The van der Waals surface area contributed by atoms with Crippen LogP contribution in [0.2, 0.25) is 0 Å². The molecule has 3 nitrogen and oxygen atoms in total. The molecular formula is C11H11NO2S2. The molecule has 0 saturated carbocycles. The first-order valence-electron chi connectivity index (χ1n) is 5.03. The monoisotopic (exact) mass is 253 g/mol. The van der Waals surface area contributed by atoms with Gasteiger partial charge in [0.05, 0.1) is 35.8 Å². The Morgan fingerprint density at radius 2 is 2.31 bits per heavy atom. The first kappa shape index (κ1) is 10.4. The molecule has 0 radical (unpaired) electrons. The van der Waals surface area contributed by atoms with Gasteiger partial charge >= 0.3 is 0 Å². The Hall–Kier alpha value is -0.750. The summed E-state index contributed by atoms with van der Waals surface area (Å²) in [5.41, 5.74) is 0.773. The lowest BCUT2D eigenvalue weighted by Crippen LogP contribution is -2.49. The fourth-order valence-electron chi connectivity index (χ4n) is 1.69. The van der Waals surface area contributed by atoms with Gasteiger partial charge < -0.3 is 9.84 Å². The molecule has 1 fully saturated rings. The number of rotatable bonds is 3. The van der Waals surface area contributed by atoms with Crippen molar-refractivity contribution in [3.05, 3.63) is 27.9 Å². The lowest BCUT2D eigenvalue weighted by molar-refractivity contribution is -0.0841. The van der Waals surface area contributed by atoms with Gasteiger partial charge in [-0.05, 0) is 11.4 Å². The summed E-state index contributed by atoms with van der Waals surface area (Å²) in [7, 11) is 0. The summed E-state index contributed by atoms with van der Waals surface area (Å²) >= 11 is 3.29. The maximum atomic E-state index is 9.42. The molecule has 0 atom stereocenters. The van der Waals surface area contributed by atoms with E-state index in [4.69, 9.17) is 4.74 Å². The van der Waals surface area contributed by atoms with Crippen LogP contribution >= 0.6 is 22.7 Å². The first-order valence-corrected chi connectivity index (χ1v) is 6.78. The van der Waals surface area contributed by atoms with Gasteiger partial charge in [-0.25, -0.2) is 4.98 Å². The summed E-state index contributed by atoms with van der Waals surface area (Å²) in [6.07, 6.45) is 0. The maximum absolute atomic E-state index is 9.42. The molecule has 84 valence electrons. The maximum Gasteiger partial charge on any atom is 0.106 e. The average Bonchev–Trinajstić information content (AvgIpc) is 2.86. The highest BCUT2D eigenvalue weighted by Crippen LogP contribution is 2.36. The van der Waals surface area contributed by atoms with E-state index in [2.05, 4.69) is 16.4 Å². The van der Waals surface area contributed by atoms with Crippen LogP contribution in [0.4, 0.5) is 0 Å². The van der Waals surface area contributed by atoms with Crippen LogP contribution in [0.3, 0.4) is 0 Å². The average molecular weight is 253 g/mol. The highest BCUT2D eigenvalue weighted by atomic mass is 32.1. The normalized spacial score (nSPS) is 18.3. The molecule has 1 aliphatic heterocycles. The number of hydrogen-bond acceptors (Lipinski definition) is 5. The van der Waals surface area contributed by atoms with Crippen LogP contribution in [0, 0.1) is 0 Å². The highest BCUT2D eigenvalue weighted by Gasteiger charge is 2.42. The van der Waals surface area contributed by atoms with Gasteiger partial charge in [0, 0.05) is 5.38 Å². The number of ether oxygens (including phenoxy) is 1. The van der Waals surface area contributed by atoms with E-state index < -0.39 is 0 Å². The Balaban J connectivity index is 1.93. The number of aliphatic hydroxyl groups is 1. The van der Waals surface area contributed by atoms with Gasteiger partial charge in [-0.2, -0.15) is 0 Å². The number of thiazole rings is 1. The topological polar surface area (TPSA) is 42.4 Å². The van der Waals surface area contributed by atoms with Crippen molar-refractivity contribution in [3.8, 4) is 10.6 Å². The lowest BCUT2D eigenvalue weighted by Gasteiger charge is -2.37. The zero-order valence-corrected chi connectivity index (χ0v) is 10.2. The predicted octanol–water partition coefficient (Wildman–Crippen LogP) is 2.13. The molecule has 1 saturated heterocycles. The molecule has 0 spiro atoms. The third-order valence-electron chi connectivity index (χ3n) is 2.79. The van der Waals surface area contributed by atoms with E-state index in [1.807, 2.05) is 11.4 Å². The van der Waals surface area contributed by atoms with E-state index in [1.54, 1.807) is 22.7 Å². The van der Waals surface area contributed by atoms with Gasteiger partial charge in [0.15, 0.2) is 0 Å². The summed E-state index contributed by atoms with van der Waals surface area (Å²) in [5.74, 6) is 0. The molecule has 0 aliphatic carbocycles. The lowest BCUT2D eigenvalue weighted by atomic mass is 9.88. The Morgan fingerprint density at radius 1 is 1.44 bits per heavy atom. The zero-order valence-electron chi connectivity index (χ0n) is 8.55. The van der Waals surface area contributed by atoms with E-state index in [9.17, 15) is 5.11 Å². The summed E-state index contributed by atoms with van der Waals surface area (Å²) < 4.78 is 5.19. The van der Waals surface area contributed by atoms with Gasteiger partial charge in [-0.1, -0.05) is 6.07 Å². The summed E-state index contributed by atoms with van der Waals surface area (Å²) in [6.45, 7) is 1.28. The van der Waals surface area contributed by atoms with Crippen LogP contribution in [0.5, 0.6) is 0 Å². The fourth-order valence-corrected chi connectivity index (χ4v) is 3.43. The SMILES string of the molecule is OCC1(c2nc(-c3cccs3)cs2)COC1. The van der Waals surface area contributed by atoms with Gasteiger partial charge in [0.25, 0.3) is 0 Å². The molecule has 16 heavy (non-hydrogen) atoms. The third-order valence-corrected chi connectivity index (χ3v) is 4.77. The third kappa shape index (κ3) is 1.51.